The van der Waals surface area contributed by atoms with Crippen LogP contribution in [0.2, 0.25) is 0 Å². The highest BCUT2D eigenvalue weighted by molar-refractivity contribution is 5.85. The van der Waals surface area contributed by atoms with Crippen molar-refractivity contribution in [2.75, 3.05) is 26.2 Å². The maximum atomic E-state index is 12.7. The number of hydrogen-bond donors (Lipinski definition) is 1. The fourth-order valence-electron chi connectivity index (χ4n) is 4.48. The van der Waals surface area contributed by atoms with Crippen LogP contribution < -0.4 is 5.32 Å². The number of carbonyl (C=O) groups excluding carboxylic acids is 1. The van der Waals surface area contributed by atoms with E-state index in [1.54, 1.807) is 0 Å². The summed E-state index contributed by atoms with van der Waals surface area (Å²) in [4.78, 5) is 17.4. The zero-order chi connectivity index (χ0) is 13.5. The smallest absolute Gasteiger partial charge is 0.239 e. The van der Waals surface area contributed by atoms with Gasteiger partial charge in [-0.2, -0.15) is 0 Å². The Bertz CT molecular complexity index is 370. The largest absolute Gasteiger partial charge is 0.339 e. The van der Waals surface area contributed by atoms with Gasteiger partial charge in [-0.05, 0) is 38.0 Å². The van der Waals surface area contributed by atoms with Crippen molar-refractivity contribution in [3.8, 4) is 0 Å². The van der Waals surface area contributed by atoms with Crippen LogP contribution in [0.4, 0.5) is 0 Å². The Morgan fingerprint density at radius 2 is 1.59 bits per heavy atom. The van der Waals surface area contributed by atoms with Crippen LogP contribution in [0.5, 0.6) is 0 Å². The number of hydrogen-bond acceptors (Lipinski definition) is 3. The van der Waals surface area contributed by atoms with Crippen molar-refractivity contribution in [2.45, 2.75) is 63.1 Å². The highest BCUT2D eigenvalue weighted by Gasteiger charge is 2.40. The van der Waals surface area contributed by atoms with Gasteiger partial charge in [-0.25, -0.2) is 0 Å². The van der Waals surface area contributed by atoms with E-state index in [-0.39, 0.29) is 30.9 Å². The summed E-state index contributed by atoms with van der Waals surface area (Å²) in [5.74, 6) is 1.15. The van der Waals surface area contributed by atoms with Gasteiger partial charge in [0.25, 0.3) is 0 Å². The van der Waals surface area contributed by atoms with E-state index in [0.717, 1.165) is 44.6 Å². The van der Waals surface area contributed by atoms with E-state index >= 15 is 0 Å². The van der Waals surface area contributed by atoms with Gasteiger partial charge >= 0.3 is 0 Å². The van der Waals surface area contributed by atoms with E-state index in [2.05, 4.69) is 15.1 Å². The van der Waals surface area contributed by atoms with Crippen molar-refractivity contribution in [3.63, 3.8) is 0 Å². The lowest BCUT2D eigenvalue weighted by Crippen LogP contribution is -2.53. The van der Waals surface area contributed by atoms with Gasteiger partial charge < -0.3 is 10.2 Å². The van der Waals surface area contributed by atoms with Crippen LogP contribution in [0.3, 0.4) is 0 Å². The van der Waals surface area contributed by atoms with E-state index in [9.17, 15) is 4.79 Å². The van der Waals surface area contributed by atoms with Crippen LogP contribution in [-0.4, -0.2) is 60.0 Å². The van der Waals surface area contributed by atoms with Gasteiger partial charge in [0.1, 0.15) is 0 Å². The second-order valence-corrected chi connectivity index (χ2v) is 7.20. The zero-order valence-electron chi connectivity index (χ0n) is 13.2. The number of carbonyl (C=O) groups is 1. The van der Waals surface area contributed by atoms with E-state index in [4.69, 9.17) is 0 Å². The molecule has 2 aliphatic heterocycles. The van der Waals surface area contributed by atoms with Crippen molar-refractivity contribution in [2.24, 2.45) is 5.92 Å². The van der Waals surface area contributed by atoms with Crippen molar-refractivity contribution in [3.05, 3.63) is 0 Å². The molecule has 2 saturated carbocycles. The number of nitrogens with zero attached hydrogens (tertiary/aromatic N) is 2. The van der Waals surface area contributed by atoms with Crippen molar-refractivity contribution in [1.82, 2.24) is 15.1 Å². The summed E-state index contributed by atoms with van der Waals surface area (Å²) < 4.78 is 0. The maximum absolute atomic E-state index is 12.7. The lowest BCUT2D eigenvalue weighted by molar-refractivity contribution is -0.135. The second-order valence-electron chi connectivity index (χ2n) is 7.20. The van der Waals surface area contributed by atoms with E-state index in [1.165, 1.54) is 38.5 Å². The third-order valence-corrected chi connectivity index (χ3v) is 5.85. The van der Waals surface area contributed by atoms with Gasteiger partial charge in [-0.1, -0.05) is 12.8 Å². The summed E-state index contributed by atoms with van der Waals surface area (Å²) in [6, 6.07) is 1.60. The van der Waals surface area contributed by atoms with Crippen LogP contribution in [0.1, 0.15) is 44.9 Å². The Balaban J connectivity index is 0.000000882. The van der Waals surface area contributed by atoms with Gasteiger partial charge in [-0.15, -0.1) is 24.8 Å². The molecular formula is C16H29Cl2N3O. The Morgan fingerprint density at radius 1 is 0.909 bits per heavy atom. The molecule has 1 N–H and O–H groups in total. The summed E-state index contributed by atoms with van der Waals surface area (Å²) in [7, 11) is 0. The Morgan fingerprint density at radius 3 is 2.23 bits per heavy atom. The first-order chi connectivity index (χ1) is 9.81. The average Bonchev–Trinajstić information content (AvgIpc) is 3.25. The lowest BCUT2D eigenvalue weighted by atomic mass is 9.85. The molecule has 0 spiro atoms. The molecule has 0 aromatic carbocycles. The zero-order valence-corrected chi connectivity index (χ0v) is 14.8. The normalized spacial score (nSPS) is 35.3. The fraction of sp³-hybridized carbons (Fsp3) is 0.938. The molecule has 128 valence electrons. The highest BCUT2D eigenvalue weighted by Crippen LogP contribution is 2.34. The first kappa shape index (κ1) is 18.3. The molecule has 0 aromatic rings. The maximum Gasteiger partial charge on any atom is 0.239 e. The fourth-order valence-corrected chi connectivity index (χ4v) is 4.48. The molecule has 4 fully saturated rings. The van der Waals surface area contributed by atoms with E-state index < -0.39 is 0 Å². The van der Waals surface area contributed by atoms with Crippen LogP contribution in [-0.2, 0) is 4.79 Å². The molecule has 4 rings (SSSR count). The summed E-state index contributed by atoms with van der Waals surface area (Å²) in [5.41, 5.74) is 0. The first-order valence-corrected chi connectivity index (χ1v) is 8.60. The molecule has 6 heteroatoms. The highest BCUT2D eigenvalue weighted by atomic mass is 35.5. The summed E-state index contributed by atoms with van der Waals surface area (Å²) >= 11 is 0. The third-order valence-electron chi connectivity index (χ3n) is 5.85. The van der Waals surface area contributed by atoms with Crippen LogP contribution in [0.25, 0.3) is 0 Å². The second kappa shape index (κ2) is 7.69. The predicted molar refractivity (Wildman–Crippen MR) is 93.0 cm³/mol. The minimum absolute atomic E-state index is 0. The molecule has 0 aromatic heterocycles. The van der Waals surface area contributed by atoms with Crippen molar-refractivity contribution in [1.29, 1.82) is 0 Å². The molecule has 1 amide bonds. The number of amides is 1. The standard InChI is InChI=1S/C16H27N3O.2ClH/c20-16(15-11-12-3-1-2-4-14(12)17-15)19-9-7-18(8-10-19)13-5-6-13;;/h12-15,17H,1-11H2;2*1H. The molecule has 2 heterocycles. The van der Waals surface area contributed by atoms with Crippen molar-refractivity contribution < 1.29 is 4.79 Å². The minimum atomic E-state index is 0. The summed E-state index contributed by atoms with van der Waals surface area (Å²) in [6.07, 6.45) is 9.16. The molecule has 3 atom stereocenters. The van der Waals surface area contributed by atoms with Crippen LogP contribution in [0.15, 0.2) is 0 Å². The van der Waals surface area contributed by atoms with Gasteiger partial charge in [0.05, 0.1) is 6.04 Å². The molecule has 3 unspecified atom stereocenters. The number of fused-ring (bicyclic) bond motifs is 1. The van der Waals surface area contributed by atoms with E-state index in [1.807, 2.05) is 0 Å². The quantitative estimate of drug-likeness (QED) is 0.828. The first-order valence-electron chi connectivity index (χ1n) is 8.60. The Labute approximate surface area is 146 Å². The molecule has 4 nitrogen and oxygen atoms in total. The lowest BCUT2D eigenvalue weighted by Gasteiger charge is -2.36. The average molecular weight is 350 g/mol. The number of rotatable bonds is 2. The molecule has 0 bridgehead atoms. The Hall–Kier alpha value is -0.0300. The third kappa shape index (κ3) is 3.72. The molecule has 2 saturated heterocycles. The SMILES string of the molecule is Cl.Cl.O=C(C1CC2CCCCC2N1)N1CCN(C2CC2)CC1. The molecule has 22 heavy (non-hydrogen) atoms. The predicted octanol–water partition coefficient (Wildman–Crippen LogP) is 2.06. The molecular weight excluding hydrogens is 321 g/mol. The van der Waals surface area contributed by atoms with Crippen molar-refractivity contribution >= 4 is 30.7 Å². The summed E-state index contributed by atoms with van der Waals surface area (Å²) in [5, 5.41) is 3.63. The topological polar surface area (TPSA) is 35.6 Å². The number of halogens is 2. The van der Waals surface area contributed by atoms with Gasteiger partial charge in [0.2, 0.25) is 5.91 Å². The van der Waals surface area contributed by atoms with Gasteiger partial charge in [0.15, 0.2) is 0 Å². The number of piperazine rings is 1. The molecule has 4 aliphatic rings. The van der Waals surface area contributed by atoms with Gasteiger partial charge in [0, 0.05) is 38.3 Å². The summed E-state index contributed by atoms with van der Waals surface area (Å²) in [6.45, 7) is 4.08. The van der Waals surface area contributed by atoms with Gasteiger partial charge in [-0.3, -0.25) is 9.69 Å². The molecule has 0 radical (unpaired) electrons. The number of nitrogens with one attached hydrogen (secondary N) is 1. The van der Waals surface area contributed by atoms with Crippen LogP contribution in [0, 0.1) is 5.92 Å². The molecule has 2 aliphatic carbocycles. The van der Waals surface area contributed by atoms with Crippen LogP contribution >= 0.6 is 24.8 Å². The van der Waals surface area contributed by atoms with E-state index in [0.29, 0.717) is 11.9 Å². The minimum Gasteiger partial charge on any atom is -0.339 e. The Kier molecular flexibility index (Phi) is 6.40. The monoisotopic (exact) mass is 349 g/mol.